The van der Waals surface area contributed by atoms with Gasteiger partial charge in [-0.15, -0.1) is 0 Å². The minimum atomic E-state index is -0.436. The van der Waals surface area contributed by atoms with Crippen LogP contribution in [0.1, 0.15) is 104 Å². The van der Waals surface area contributed by atoms with Gasteiger partial charge in [-0.2, -0.15) is 0 Å². The maximum absolute atomic E-state index is 11.0. The number of hydrogen-bond acceptors (Lipinski definition) is 1. The van der Waals surface area contributed by atoms with E-state index in [1.165, 1.54) is 63.4 Å². The average molecular weight is 449 g/mol. The first kappa shape index (κ1) is 23.7. The Hall–Kier alpha value is -1.08. The quantitative estimate of drug-likeness (QED) is 0.433. The first-order chi connectivity index (χ1) is 15.8. The van der Waals surface area contributed by atoms with Gasteiger partial charge in [0.25, 0.3) is 0 Å². The molecule has 5 rings (SSSR count). The monoisotopic (exact) mass is 448 g/mol. The molecule has 182 valence electrons. The van der Waals surface area contributed by atoms with Crippen LogP contribution in [0.3, 0.4) is 0 Å². The summed E-state index contributed by atoms with van der Waals surface area (Å²) in [5.41, 5.74) is 3.58. The van der Waals surface area contributed by atoms with E-state index < -0.39 is 5.60 Å². The highest BCUT2D eigenvalue weighted by Crippen LogP contribution is 2.67. The number of rotatable bonds is 6. The van der Waals surface area contributed by atoms with Gasteiger partial charge in [-0.3, -0.25) is 0 Å². The van der Waals surface area contributed by atoms with E-state index in [2.05, 4.69) is 64.1 Å². The van der Waals surface area contributed by atoms with E-state index in [4.69, 9.17) is 0 Å². The lowest BCUT2D eigenvalue weighted by atomic mass is 9.46. The fourth-order valence-electron chi connectivity index (χ4n) is 9.46. The second-order valence-electron chi connectivity index (χ2n) is 13.1. The lowest BCUT2D eigenvalue weighted by molar-refractivity contribution is -0.0754. The molecule has 1 N–H and O–H groups in total. The van der Waals surface area contributed by atoms with Crippen molar-refractivity contribution in [3.8, 4) is 0 Å². The van der Waals surface area contributed by atoms with Crippen LogP contribution < -0.4 is 0 Å². The molecule has 33 heavy (non-hydrogen) atoms. The SMILES string of the molecule is CC[C@]1(O)CCC2(C)C(=CC[C@@H]3C2CCC2(C)C3CCC2[C@H](C)CCCc2ccccc2)C1. The smallest absolute Gasteiger partial charge is 0.0682 e. The molecule has 0 spiro atoms. The highest BCUT2D eigenvalue weighted by molar-refractivity contribution is 5.27. The molecule has 4 aliphatic rings. The van der Waals surface area contributed by atoms with Crippen LogP contribution in [-0.4, -0.2) is 10.7 Å². The molecule has 0 radical (unpaired) electrons. The molecule has 0 bridgehead atoms. The summed E-state index contributed by atoms with van der Waals surface area (Å²) in [6, 6.07) is 11.1. The predicted octanol–water partition coefficient (Wildman–Crippen LogP) is 8.37. The molecule has 1 aromatic rings. The van der Waals surface area contributed by atoms with E-state index in [0.29, 0.717) is 10.8 Å². The molecule has 3 saturated carbocycles. The molecular weight excluding hydrogens is 400 g/mol. The van der Waals surface area contributed by atoms with Gasteiger partial charge < -0.3 is 5.11 Å². The van der Waals surface area contributed by atoms with Crippen molar-refractivity contribution in [3.05, 3.63) is 47.5 Å². The van der Waals surface area contributed by atoms with Crippen molar-refractivity contribution in [2.24, 2.45) is 40.4 Å². The molecule has 0 aromatic heterocycles. The van der Waals surface area contributed by atoms with Crippen molar-refractivity contribution < 1.29 is 5.11 Å². The van der Waals surface area contributed by atoms with Gasteiger partial charge in [0.05, 0.1) is 5.60 Å². The van der Waals surface area contributed by atoms with E-state index in [-0.39, 0.29) is 0 Å². The number of benzene rings is 1. The van der Waals surface area contributed by atoms with Crippen LogP contribution in [0, 0.1) is 40.4 Å². The number of fused-ring (bicyclic) bond motifs is 5. The van der Waals surface area contributed by atoms with E-state index >= 15 is 0 Å². The van der Waals surface area contributed by atoms with Crippen molar-refractivity contribution in [2.45, 2.75) is 110 Å². The van der Waals surface area contributed by atoms with E-state index in [1.807, 2.05) is 0 Å². The highest BCUT2D eigenvalue weighted by Gasteiger charge is 2.59. The first-order valence-corrected chi connectivity index (χ1v) is 14.2. The van der Waals surface area contributed by atoms with Crippen LogP contribution in [-0.2, 0) is 6.42 Å². The molecule has 0 aliphatic heterocycles. The van der Waals surface area contributed by atoms with E-state index in [1.54, 1.807) is 5.57 Å². The Morgan fingerprint density at radius 2 is 1.79 bits per heavy atom. The maximum atomic E-state index is 11.0. The Morgan fingerprint density at radius 1 is 1.00 bits per heavy atom. The van der Waals surface area contributed by atoms with Crippen LogP contribution >= 0.6 is 0 Å². The Balaban J connectivity index is 1.27. The standard InChI is InChI=1S/C32H48O/c1-5-32(33)21-20-30(3)25(22-32)14-15-26-28-17-16-27(31(28,4)19-18-29(26)30)23(2)10-9-13-24-11-7-6-8-12-24/h6-8,11-12,14,23,26-29,33H,5,9-10,13,15-22H2,1-4H3/t23-,26+,27?,28?,29?,30?,31?,32+/m1/s1. The lowest BCUT2D eigenvalue weighted by Gasteiger charge is -2.59. The maximum Gasteiger partial charge on any atom is 0.0682 e. The van der Waals surface area contributed by atoms with Crippen molar-refractivity contribution >= 4 is 0 Å². The van der Waals surface area contributed by atoms with Crippen LogP contribution in [0.4, 0.5) is 0 Å². The number of aryl methyl sites for hydroxylation is 1. The van der Waals surface area contributed by atoms with Crippen molar-refractivity contribution in [1.82, 2.24) is 0 Å². The van der Waals surface area contributed by atoms with Crippen LogP contribution in [0.5, 0.6) is 0 Å². The summed E-state index contributed by atoms with van der Waals surface area (Å²) in [5, 5.41) is 11.0. The van der Waals surface area contributed by atoms with Crippen molar-refractivity contribution in [2.75, 3.05) is 0 Å². The third-order valence-electron chi connectivity index (χ3n) is 11.6. The zero-order valence-corrected chi connectivity index (χ0v) is 21.8. The van der Waals surface area contributed by atoms with Gasteiger partial charge in [0.15, 0.2) is 0 Å². The molecule has 0 heterocycles. The van der Waals surface area contributed by atoms with Gasteiger partial charge in [0.1, 0.15) is 0 Å². The van der Waals surface area contributed by atoms with Gasteiger partial charge >= 0.3 is 0 Å². The summed E-state index contributed by atoms with van der Waals surface area (Å²) in [5.74, 6) is 4.41. The summed E-state index contributed by atoms with van der Waals surface area (Å²) in [4.78, 5) is 0. The fourth-order valence-corrected chi connectivity index (χ4v) is 9.46. The molecule has 1 heteroatoms. The Bertz CT molecular complexity index is 857. The minimum absolute atomic E-state index is 0.352. The highest BCUT2D eigenvalue weighted by atomic mass is 16.3. The fraction of sp³-hybridized carbons (Fsp3) is 0.750. The minimum Gasteiger partial charge on any atom is -0.390 e. The Labute approximate surface area is 203 Å². The number of allylic oxidation sites excluding steroid dienone is 1. The molecule has 1 nitrogen and oxygen atoms in total. The predicted molar refractivity (Wildman–Crippen MR) is 139 cm³/mol. The van der Waals surface area contributed by atoms with Gasteiger partial charge in [-0.05, 0) is 117 Å². The summed E-state index contributed by atoms with van der Waals surface area (Å²) in [6.45, 7) is 10.0. The number of aliphatic hydroxyl groups is 1. The largest absolute Gasteiger partial charge is 0.390 e. The molecule has 3 fully saturated rings. The van der Waals surface area contributed by atoms with Crippen molar-refractivity contribution in [3.63, 3.8) is 0 Å². The van der Waals surface area contributed by atoms with Crippen LogP contribution in [0.15, 0.2) is 42.0 Å². The third kappa shape index (κ3) is 4.05. The molecule has 5 unspecified atom stereocenters. The first-order valence-electron chi connectivity index (χ1n) is 14.2. The van der Waals surface area contributed by atoms with E-state index in [0.717, 1.165) is 48.9 Å². The summed E-state index contributed by atoms with van der Waals surface area (Å²) in [6.07, 6.45) is 17.7. The van der Waals surface area contributed by atoms with Crippen molar-refractivity contribution in [1.29, 1.82) is 0 Å². The van der Waals surface area contributed by atoms with Gasteiger partial charge in [-0.25, -0.2) is 0 Å². The van der Waals surface area contributed by atoms with E-state index in [9.17, 15) is 5.11 Å². The Morgan fingerprint density at radius 3 is 2.55 bits per heavy atom. The normalized spacial score (nSPS) is 43.2. The summed E-state index contributed by atoms with van der Waals surface area (Å²) >= 11 is 0. The molecule has 0 saturated heterocycles. The Kier molecular flexibility index (Phi) is 6.34. The molecule has 8 atom stereocenters. The summed E-state index contributed by atoms with van der Waals surface area (Å²) in [7, 11) is 0. The van der Waals surface area contributed by atoms with Crippen LogP contribution in [0.25, 0.3) is 0 Å². The molecular formula is C32H48O. The lowest BCUT2D eigenvalue weighted by Crippen LogP contribution is -2.52. The molecule has 1 aromatic carbocycles. The topological polar surface area (TPSA) is 20.2 Å². The summed E-state index contributed by atoms with van der Waals surface area (Å²) < 4.78 is 0. The zero-order valence-electron chi connectivity index (χ0n) is 21.8. The average Bonchev–Trinajstić information content (AvgIpc) is 3.17. The van der Waals surface area contributed by atoms with Gasteiger partial charge in [0, 0.05) is 0 Å². The van der Waals surface area contributed by atoms with Gasteiger partial charge in [-0.1, -0.05) is 76.1 Å². The molecule has 4 aliphatic carbocycles. The molecule has 0 amide bonds. The zero-order chi connectivity index (χ0) is 23.3. The second-order valence-corrected chi connectivity index (χ2v) is 13.1. The van der Waals surface area contributed by atoms with Crippen LogP contribution in [0.2, 0.25) is 0 Å². The number of hydrogen-bond donors (Lipinski definition) is 1. The second kappa shape index (κ2) is 8.85. The van der Waals surface area contributed by atoms with Gasteiger partial charge in [0.2, 0.25) is 0 Å². The third-order valence-corrected chi connectivity index (χ3v) is 11.6.